The molecule has 2 rings (SSSR count). The minimum Gasteiger partial charge on any atom is -0.310 e. The summed E-state index contributed by atoms with van der Waals surface area (Å²) in [5.41, 5.74) is 0. The van der Waals surface area contributed by atoms with Crippen LogP contribution in [0.4, 0.5) is 0 Å². The zero-order chi connectivity index (χ0) is 14.4. The normalized spacial score (nSPS) is 19.6. The Morgan fingerprint density at radius 2 is 1.95 bits per heavy atom. The van der Waals surface area contributed by atoms with Gasteiger partial charge in [-0.3, -0.25) is 4.90 Å². The highest BCUT2D eigenvalue weighted by Crippen LogP contribution is 2.10. The van der Waals surface area contributed by atoms with Gasteiger partial charge in [0, 0.05) is 56.7 Å². The van der Waals surface area contributed by atoms with Gasteiger partial charge in [0.1, 0.15) is 0 Å². The van der Waals surface area contributed by atoms with Crippen molar-refractivity contribution >= 4 is 11.3 Å². The van der Waals surface area contributed by atoms with E-state index in [1.165, 1.54) is 37.6 Å². The van der Waals surface area contributed by atoms with Gasteiger partial charge in [0.15, 0.2) is 0 Å². The molecule has 1 unspecified atom stereocenters. The van der Waals surface area contributed by atoms with Crippen LogP contribution in [0.25, 0.3) is 0 Å². The Hall–Kier alpha value is -0.420. The van der Waals surface area contributed by atoms with Crippen LogP contribution in [0.1, 0.15) is 25.6 Å². The molecule has 114 valence electrons. The molecule has 0 spiro atoms. The Bertz CT molecular complexity index is 356. The largest absolute Gasteiger partial charge is 0.310 e. The maximum atomic E-state index is 3.58. The first-order chi connectivity index (χ1) is 9.65. The van der Waals surface area contributed by atoms with Crippen LogP contribution in [0.2, 0.25) is 0 Å². The Kier molecular flexibility index (Phi) is 6.49. The summed E-state index contributed by atoms with van der Waals surface area (Å²) in [5.74, 6) is 0.784. The summed E-state index contributed by atoms with van der Waals surface area (Å²) < 4.78 is 0. The first-order valence-electron chi connectivity index (χ1n) is 7.84. The van der Waals surface area contributed by atoms with Crippen molar-refractivity contribution in [1.29, 1.82) is 0 Å². The van der Waals surface area contributed by atoms with E-state index in [0.29, 0.717) is 6.04 Å². The molecule has 3 nitrogen and oxygen atoms in total. The predicted octanol–water partition coefficient (Wildman–Crippen LogP) is 2.50. The smallest absolute Gasteiger partial charge is 0.0300 e. The molecule has 0 radical (unpaired) electrons. The average Bonchev–Trinajstić information content (AvgIpc) is 2.92. The SMILES string of the molecule is CC(C)CN1CCN(C(C)CNCc2cccs2)CC1. The Balaban J connectivity index is 1.63. The van der Waals surface area contributed by atoms with Gasteiger partial charge in [-0.2, -0.15) is 0 Å². The van der Waals surface area contributed by atoms with Crippen molar-refractivity contribution in [3.8, 4) is 0 Å². The molecule has 1 atom stereocenters. The van der Waals surface area contributed by atoms with Crippen molar-refractivity contribution < 1.29 is 0 Å². The Labute approximate surface area is 128 Å². The molecule has 0 amide bonds. The van der Waals surface area contributed by atoms with E-state index in [4.69, 9.17) is 0 Å². The molecular formula is C16H29N3S. The molecule has 1 aromatic heterocycles. The maximum absolute atomic E-state index is 3.58. The molecule has 1 N–H and O–H groups in total. The van der Waals surface area contributed by atoms with Crippen LogP contribution in [0.15, 0.2) is 17.5 Å². The quantitative estimate of drug-likeness (QED) is 0.834. The summed E-state index contributed by atoms with van der Waals surface area (Å²) in [5, 5.41) is 5.73. The number of piperazine rings is 1. The highest BCUT2D eigenvalue weighted by molar-refractivity contribution is 7.09. The van der Waals surface area contributed by atoms with Gasteiger partial charge >= 0.3 is 0 Å². The average molecular weight is 295 g/mol. The lowest BCUT2D eigenvalue weighted by atomic mass is 10.1. The highest BCUT2D eigenvalue weighted by atomic mass is 32.1. The van der Waals surface area contributed by atoms with Gasteiger partial charge in [-0.05, 0) is 24.3 Å². The lowest BCUT2D eigenvalue weighted by Crippen LogP contribution is -2.52. The number of hydrogen-bond acceptors (Lipinski definition) is 4. The summed E-state index contributed by atoms with van der Waals surface area (Å²) in [6, 6.07) is 4.96. The lowest BCUT2D eigenvalue weighted by molar-refractivity contribution is 0.0942. The molecule has 20 heavy (non-hydrogen) atoms. The highest BCUT2D eigenvalue weighted by Gasteiger charge is 2.20. The molecule has 0 saturated carbocycles. The molecule has 0 bridgehead atoms. The van der Waals surface area contributed by atoms with Crippen LogP contribution in [0, 0.1) is 5.92 Å². The van der Waals surface area contributed by atoms with E-state index >= 15 is 0 Å². The summed E-state index contributed by atoms with van der Waals surface area (Å²) in [7, 11) is 0. The first-order valence-corrected chi connectivity index (χ1v) is 8.72. The monoisotopic (exact) mass is 295 g/mol. The van der Waals surface area contributed by atoms with Crippen molar-refractivity contribution in [2.45, 2.75) is 33.4 Å². The van der Waals surface area contributed by atoms with E-state index in [1.54, 1.807) is 0 Å². The van der Waals surface area contributed by atoms with E-state index in [0.717, 1.165) is 19.0 Å². The molecule has 4 heteroatoms. The van der Waals surface area contributed by atoms with Crippen LogP contribution in [0.5, 0.6) is 0 Å². The third kappa shape index (κ3) is 5.17. The fraction of sp³-hybridized carbons (Fsp3) is 0.750. The first kappa shape index (κ1) is 16.0. The van der Waals surface area contributed by atoms with Crippen LogP contribution in [-0.2, 0) is 6.54 Å². The van der Waals surface area contributed by atoms with Crippen LogP contribution in [0.3, 0.4) is 0 Å². The Morgan fingerprint density at radius 1 is 1.20 bits per heavy atom. The molecule has 1 saturated heterocycles. The van der Waals surface area contributed by atoms with Gasteiger partial charge < -0.3 is 10.2 Å². The second-order valence-electron chi connectivity index (χ2n) is 6.29. The number of rotatable bonds is 7. The molecule has 2 heterocycles. The lowest BCUT2D eigenvalue weighted by Gasteiger charge is -2.38. The maximum Gasteiger partial charge on any atom is 0.0300 e. The Morgan fingerprint density at radius 3 is 2.55 bits per heavy atom. The van der Waals surface area contributed by atoms with Crippen molar-refractivity contribution in [1.82, 2.24) is 15.1 Å². The predicted molar refractivity (Wildman–Crippen MR) is 88.3 cm³/mol. The van der Waals surface area contributed by atoms with Gasteiger partial charge in [0.2, 0.25) is 0 Å². The minimum atomic E-state index is 0.635. The van der Waals surface area contributed by atoms with E-state index in [1.807, 2.05) is 11.3 Å². The fourth-order valence-electron chi connectivity index (χ4n) is 2.85. The van der Waals surface area contributed by atoms with E-state index in [9.17, 15) is 0 Å². The van der Waals surface area contributed by atoms with Crippen LogP contribution >= 0.6 is 11.3 Å². The van der Waals surface area contributed by atoms with Gasteiger partial charge in [0.25, 0.3) is 0 Å². The van der Waals surface area contributed by atoms with Crippen molar-refractivity contribution in [2.24, 2.45) is 5.92 Å². The minimum absolute atomic E-state index is 0.635. The zero-order valence-corrected chi connectivity index (χ0v) is 14.0. The third-order valence-electron chi connectivity index (χ3n) is 3.97. The van der Waals surface area contributed by atoms with Crippen LogP contribution < -0.4 is 5.32 Å². The summed E-state index contributed by atoms with van der Waals surface area (Å²) in [6.45, 7) is 15.2. The molecule has 0 aromatic carbocycles. The molecule has 1 aliphatic rings. The number of nitrogens with one attached hydrogen (secondary N) is 1. The van der Waals surface area contributed by atoms with Gasteiger partial charge in [0.05, 0.1) is 0 Å². The molecular weight excluding hydrogens is 266 g/mol. The van der Waals surface area contributed by atoms with E-state index in [-0.39, 0.29) is 0 Å². The fourth-order valence-corrected chi connectivity index (χ4v) is 3.52. The van der Waals surface area contributed by atoms with Crippen LogP contribution in [-0.4, -0.2) is 55.1 Å². The molecule has 1 fully saturated rings. The van der Waals surface area contributed by atoms with E-state index in [2.05, 4.69) is 53.4 Å². The van der Waals surface area contributed by atoms with Gasteiger partial charge in [-0.1, -0.05) is 19.9 Å². The topological polar surface area (TPSA) is 18.5 Å². The van der Waals surface area contributed by atoms with Crippen molar-refractivity contribution in [3.63, 3.8) is 0 Å². The van der Waals surface area contributed by atoms with E-state index < -0.39 is 0 Å². The zero-order valence-electron chi connectivity index (χ0n) is 13.1. The third-order valence-corrected chi connectivity index (χ3v) is 4.85. The molecule has 1 aliphatic heterocycles. The molecule has 1 aromatic rings. The standard InChI is InChI=1S/C16H29N3S/c1-14(2)13-18-6-8-19(9-7-18)15(3)11-17-12-16-5-4-10-20-16/h4-5,10,14-15,17H,6-9,11-13H2,1-3H3. The summed E-state index contributed by atoms with van der Waals surface area (Å²) >= 11 is 1.83. The summed E-state index contributed by atoms with van der Waals surface area (Å²) in [6.07, 6.45) is 0. The number of thiophene rings is 1. The molecule has 0 aliphatic carbocycles. The second kappa shape index (κ2) is 8.13. The number of nitrogens with zero attached hydrogens (tertiary/aromatic N) is 2. The second-order valence-corrected chi connectivity index (χ2v) is 7.32. The van der Waals surface area contributed by atoms with Gasteiger partial charge in [-0.25, -0.2) is 0 Å². The number of hydrogen-bond donors (Lipinski definition) is 1. The van der Waals surface area contributed by atoms with Gasteiger partial charge in [-0.15, -0.1) is 11.3 Å². The summed E-state index contributed by atoms with van der Waals surface area (Å²) in [4.78, 5) is 6.66. The van der Waals surface area contributed by atoms with Crippen molar-refractivity contribution in [3.05, 3.63) is 22.4 Å². The van der Waals surface area contributed by atoms with Crippen molar-refractivity contribution in [2.75, 3.05) is 39.3 Å².